The molecule has 1 aromatic heterocycles. The van der Waals surface area contributed by atoms with Crippen molar-refractivity contribution < 1.29 is 14.1 Å². The van der Waals surface area contributed by atoms with E-state index in [1.54, 1.807) is 35.2 Å². The van der Waals surface area contributed by atoms with Crippen LogP contribution in [0.3, 0.4) is 0 Å². The fraction of sp³-hybridized carbons (Fsp3) is 0. The van der Waals surface area contributed by atoms with E-state index < -0.39 is 4.92 Å². The number of rotatable bonds is 5. The lowest BCUT2D eigenvalue weighted by atomic mass is 10.1. The molecule has 34 heavy (non-hydrogen) atoms. The molecule has 3 aromatic carbocycles. The molecule has 0 N–H and O–H groups in total. The Kier molecular flexibility index (Phi) is 5.69. The molecule has 166 valence electrons. The molecule has 0 saturated carbocycles. The van der Waals surface area contributed by atoms with Gasteiger partial charge in [-0.05, 0) is 70.0 Å². The number of nitro groups is 1. The highest BCUT2D eigenvalue weighted by molar-refractivity contribution is 9.10. The molecule has 1 aliphatic heterocycles. The summed E-state index contributed by atoms with van der Waals surface area (Å²) in [7, 11) is 0. The Hall–Kier alpha value is -4.23. The minimum Gasteiger partial charge on any atom is -0.457 e. The number of nitro benzene ring substituents is 1. The van der Waals surface area contributed by atoms with E-state index in [0.29, 0.717) is 22.7 Å². The number of amides is 1. The van der Waals surface area contributed by atoms with Crippen LogP contribution >= 0.6 is 15.9 Å². The Labute approximate surface area is 203 Å². The summed E-state index contributed by atoms with van der Waals surface area (Å²) >= 11 is 3.56. The zero-order valence-electron chi connectivity index (χ0n) is 17.7. The monoisotopic (exact) mass is 512 g/mol. The lowest BCUT2D eigenvalue weighted by molar-refractivity contribution is -0.384. The molecule has 7 heteroatoms. The van der Waals surface area contributed by atoms with Gasteiger partial charge in [0.05, 0.1) is 16.3 Å². The molecule has 1 aliphatic rings. The van der Waals surface area contributed by atoms with Crippen LogP contribution in [-0.4, -0.2) is 10.8 Å². The molecular weight excluding hydrogens is 496 g/mol. The maximum Gasteiger partial charge on any atom is 0.269 e. The summed E-state index contributed by atoms with van der Waals surface area (Å²) in [6.45, 7) is 0. The zero-order chi connectivity index (χ0) is 23.7. The average Bonchev–Trinajstić information content (AvgIpc) is 3.45. The van der Waals surface area contributed by atoms with Crippen LogP contribution in [0.15, 0.2) is 112 Å². The van der Waals surface area contributed by atoms with E-state index in [0.717, 1.165) is 21.4 Å². The van der Waals surface area contributed by atoms with E-state index >= 15 is 0 Å². The van der Waals surface area contributed by atoms with Crippen molar-refractivity contribution in [2.75, 3.05) is 4.90 Å². The minimum atomic E-state index is -0.443. The fourth-order valence-corrected chi connectivity index (χ4v) is 4.26. The number of furan rings is 1. The lowest BCUT2D eigenvalue weighted by Gasteiger charge is -2.22. The summed E-state index contributed by atoms with van der Waals surface area (Å²) in [5.41, 5.74) is 3.64. The normalized spacial score (nSPS) is 14.5. The molecule has 1 amide bonds. The van der Waals surface area contributed by atoms with E-state index in [-0.39, 0.29) is 11.6 Å². The Balaban J connectivity index is 1.52. The smallest absolute Gasteiger partial charge is 0.269 e. The van der Waals surface area contributed by atoms with E-state index in [4.69, 9.17) is 4.42 Å². The highest BCUT2D eigenvalue weighted by Crippen LogP contribution is 2.38. The van der Waals surface area contributed by atoms with Crippen LogP contribution in [0.1, 0.15) is 11.3 Å². The molecule has 0 atom stereocenters. The van der Waals surface area contributed by atoms with Crippen molar-refractivity contribution in [3.63, 3.8) is 0 Å². The number of nitrogens with zero attached hydrogens (tertiary/aromatic N) is 2. The maximum absolute atomic E-state index is 13.5. The van der Waals surface area contributed by atoms with Gasteiger partial charge in [-0.25, -0.2) is 0 Å². The molecule has 6 nitrogen and oxygen atoms in total. The third kappa shape index (κ3) is 4.09. The van der Waals surface area contributed by atoms with Crippen molar-refractivity contribution in [1.29, 1.82) is 0 Å². The van der Waals surface area contributed by atoms with E-state index in [2.05, 4.69) is 15.9 Å². The first kappa shape index (κ1) is 21.6. The first-order valence-electron chi connectivity index (χ1n) is 10.4. The highest BCUT2D eigenvalue weighted by Gasteiger charge is 2.31. The van der Waals surface area contributed by atoms with Gasteiger partial charge in [0.15, 0.2) is 0 Å². The number of non-ortho nitro benzene ring substituents is 1. The molecule has 0 spiro atoms. The van der Waals surface area contributed by atoms with Crippen LogP contribution in [0.2, 0.25) is 0 Å². The van der Waals surface area contributed by atoms with Gasteiger partial charge in [0.2, 0.25) is 0 Å². The molecule has 0 unspecified atom stereocenters. The highest BCUT2D eigenvalue weighted by atomic mass is 79.9. The molecule has 0 fully saturated rings. The summed E-state index contributed by atoms with van der Waals surface area (Å²) in [6, 6.07) is 27.0. The molecule has 0 saturated heterocycles. The van der Waals surface area contributed by atoms with Gasteiger partial charge in [0.1, 0.15) is 11.5 Å². The van der Waals surface area contributed by atoms with Gasteiger partial charge in [0.25, 0.3) is 11.6 Å². The number of anilines is 1. The van der Waals surface area contributed by atoms with Crippen molar-refractivity contribution in [1.82, 2.24) is 0 Å². The summed E-state index contributed by atoms with van der Waals surface area (Å²) < 4.78 is 6.74. The number of carbonyl (C=O) groups is 1. The van der Waals surface area contributed by atoms with E-state index in [1.807, 2.05) is 60.7 Å². The number of benzene rings is 3. The van der Waals surface area contributed by atoms with Gasteiger partial charge in [-0.1, -0.05) is 42.5 Å². The Bertz CT molecular complexity index is 1450. The van der Waals surface area contributed by atoms with E-state index in [1.165, 1.54) is 12.1 Å². The summed E-state index contributed by atoms with van der Waals surface area (Å²) in [6.07, 6.45) is 3.56. The van der Waals surface area contributed by atoms with Crippen molar-refractivity contribution >= 4 is 45.0 Å². The number of halogens is 1. The molecule has 4 aromatic rings. The van der Waals surface area contributed by atoms with Crippen LogP contribution in [0.4, 0.5) is 11.4 Å². The number of hydrogen-bond acceptors (Lipinski definition) is 4. The van der Waals surface area contributed by atoms with Crippen molar-refractivity contribution in [2.45, 2.75) is 0 Å². The Morgan fingerprint density at radius 1 is 0.853 bits per heavy atom. The van der Waals surface area contributed by atoms with E-state index in [9.17, 15) is 14.9 Å². The average molecular weight is 513 g/mol. The maximum atomic E-state index is 13.5. The molecule has 0 bridgehead atoms. The third-order valence-corrected chi connectivity index (χ3v) is 6.10. The number of hydrogen-bond donors (Lipinski definition) is 0. The first-order valence-corrected chi connectivity index (χ1v) is 11.2. The van der Waals surface area contributed by atoms with Crippen LogP contribution in [-0.2, 0) is 4.79 Å². The standard InChI is InChI=1S/C27H17BrN2O4/c28-23-8-4-5-9-24(23)29-25(18-6-2-1-3-7-18)17-20(27(29)31)16-22-14-15-26(34-22)19-10-12-21(13-11-19)30(32)33/h1-17H. The minimum absolute atomic E-state index is 0.0138. The molecule has 5 rings (SSSR count). The third-order valence-electron chi connectivity index (χ3n) is 5.43. The van der Waals surface area contributed by atoms with Crippen LogP contribution in [0, 0.1) is 10.1 Å². The van der Waals surface area contributed by atoms with Crippen molar-refractivity contribution in [2.24, 2.45) is 0 Å². The van der Waals surface area contributed by atoms with Crippen molar-refractivity contribution in [3.8, 4) is 11.3 Å². The van der Waals surface area contributed by atoms with Gasteiger partial charge in [0, 0.05) is 27.7 Å². The van der Waals surface area contributed by atoms with Crippen LogP contribution in [0.25, 0.3) is 23.1 Å². The van der Waals surface area contributed by atoms with Gasteiger partial charge >= 0.3 is 0 Å². The molecular formula is C27H17BrN2O4. The van der Waals surface area contributed by atoms with Gasteiger partial charge in [-0.15, -0.1) is 0 Å². The molecule has 0 aliphatic carbocycles. The SMILES string of the molecule is O=C1C(=Cc2ccc(-c3ccc([N+](=O)[O-])cc3)o2)C=C(c2ccccc2)N1c1ccccc1Br. The summed E-state index contributed by atoms with van der Waals surface area (Å²) in [5, 5.41) is 10.9. The van der Waals surface area contributed by atoms with Gasteiger partial charge in [-0.3, -0.25) is 19.8 Å². The number of carbonyl (C=O) groups excluding carboxylic acids is 1. The quantitative estimate of drug-likeness (QED) is 0.162. The second kappa shape index (κ2) is 8.96. The number of para-hydroxylation sites is 1. The van der Waals surface area contributed by atoms with Gasteiger partial charge in [-0.2, -0.15) is 0 Å². The lowest BCUT2D eigenvalue weighted by Crippen LogP contribution is -2.25. The fourth-order valence-electron chi connectivity index (χ4n) is 3.80. The Morgan fingerprint density at radius 3 is 2.26 bits per heavy atom. The van der Waals surface area contributed by atoms with Gasteiger partial charge < -0.3 is 4.42 Å². The zero-order valence-corrected chi connectivity index (χ0v) is 19.3. The first-order chi connectivity index (χ1) is 16.5. The topological polar surface area (TPSA) is 76.6 Å². The summed E-state index contributed by atoms with van der Waals surface area (Å²) in [4.78, 5) is 25.6. The van der Waals surface area contributed by atoms with Crippen LogP contribution in [0.5, 0.6) is 0 Å². The second-order valence-electron chi connectivity index (χ2n) is 7.59. The van der Waals surface area contributed by atoms with Crippen molar-refractivity contribution in [3.05, 3.63) is 129 Å². The molecule has 0 radical (unpaired) electrons. The summed E-state index contributed by atoms with van der Waals surface area (Å²) in [5.74, 6) is 0.899. The van der Waals surface area contributed by atoms with Crippen LogP contribution < -0.4 is 4.90 Å². The largest absolute Gasteiger partial charge is 0.457 e. The predicted molar refractivity (Wildman–Crippen MR) is 135 cm³/mol. The predicted octanol–water partition coefficient (Wildman–Crippen LogP) is 7.09. The Morgan fingerprint density at radius 2 is 1.56 bits per heavy atom. The molecule has 2 heterocycles. The second-order valence-corrected chi connectivity index (χ2v) is 8.45.